The van der Waals surface area contributed by atoms with Crippen molar-refractivity contribution < 1.29 is 0 Å². The largest absolute Gasteiger partial charge is 0.310 e. The molecule has 0 fully saturated rings. The van der Waals surface area contributed by atoms with Crippen LogP contribution in [0.15, 0.2) is 77.2 Å². The lowest BCUT2D eigenvalue weighted by Gasteiger charge is -2.03. The van der Waals surface area contributed by atoms with E-state index in [0.29, 0.717) is 5.95 Å². The highest BCUT2D eigenvalue weighted by atomic mass is 15.3. The number of nitrogens with zero attached hydrogens (tertiary/aromatic N) is 4. The van der Waals surface area contributed by atoms with Gasteiger partial charge in [0.05, 0.1) is 12.2 Å². The second-order valence-corrected chi connectivity index (χ2v) is 4.88. The summed E-state index contributed by atoms with van der Waals surface area (Å²) in [4.78, 5) is 4.25. The zero-order valence-electron chi connectivity index (χ0n) is 11.8. The number of aromatic nitrogens is 2. The predicted octanol–water partition coefficient (Wildman–Crippen LogP) is 4.66. The van der Waals surface area contributed by atoms with Crippen molar-refractivity contribution in [1.29, 1.82) is 0 Å². The van der Waals surface area contributed by atoms with Gasteiger partial charge in [-0.2, -0.15) is 0 Å². The van der Waals surface area contributed by atoms with Gasteiger partial charge in [0.2, 0.25) is 5.95 Å². The minimum Gasteiger partial charge on any atom is -0.310 e. The van der Waals surface area contributed by atoms with Crippen molar-refractivity contribution >= 4 is 11.6 Å². The molecule has 21 heavy (non-hydrogen) atoms. The van der Waals surface area contributed by atoms with Crippen LogP contribution >= 0.6 is 0 Å². The molecule has 0 atom stereocenters. The first-order chi connectivity index (χ1) is 10.3. The van der Waals surface area contributed by atoms with Gasteiger partial charge in [0.1, 0.15) is 0 Å². The van der Waals surface area contributed by atoms with Crippen molar-refractivity contribution in [2.24, 2.45) is 10.2 Å². The number of rotatable bonds is 4. The van der Waals surface area contributed by atoms with Crippen molar-refractivity contribution in [3.8, 4) is 0 Å². The number of benzene rings is 2. The van der Waals surface area contributed by atoms with Gasteiger partial charge in [0, 0.05) is 12.4 Å². The molecule has 1 aromatic heterocycles. The summed E-state index contributed by atoms with van der Waals surface area (Å²) >= 11 is 0. The third kappa shape index (κ3) is 3.42. The minimum atomic E-state index is 0.611. The molecule has 0 bridgehead atoms. The van der Waals surface area contributed by atoms with Gasteiger partial charge in [-0.05, 0) is 24.6 Å². The van der Waals surface area contributed by atoms with Gasteiger partial charge in [0.15, 0.2) is 0 Å². The molecule has 0 N–H and O–H groups in total. The lowest BCUT2D eigenvalue weighted by molar-refractivity contribution is 0.791. The molecule has 4 nitrogen and oxygen atoms in total. The maximum absolute atomic E-state index is 4.25. The van der Waals surface area contributed by atoms with E-state index in [1.54, 1.807) is 6.20 Å². The molecule has 3 rings (SSSR count). The van der Waals surface area contributed by atoms with Crippen molar-refractivity contribution in [2.45, 2.75) is 13.5 Å². The molecular weight excluding hydrogens is 260 g/mol. The quantitative estimate of drug-likeness (QED) is 0.639. The maximum Gasteiger partial charge on any atom is 0.249 e. The molecule has 104 valence electrons. The molecule has 0 aliphatic carbocycles. The zero-order chi connectivity index (χ0) is 14.5. The first-order valence-corrected chi connectivity index (χ1v) is 6.85. The topological polar surface area (TPSA) is 42.5 Å². The summed E-state index contributed by atoms with van der Waals surface area (Å²) in [6.45, 7) is 2.79. The summed E-state index contributed by atoms with van der Waals surface area (Å²) in [6, 6.07) is 18.2. The summed E-state index contributed by atoms with van der Waals surface area (Å²) in [6.07, 6.45) is 3.66. The Balaban J connectivity index is 1.78. The van der Waals surface area contributed by atoms with Crippen molar-refractivity contribution in [2.75, 3.05) is 0 Å². The third-order valence-corrected chi connectivity index (χ3v) is 3.18. The number of azo groups is 1. The van der Waals surface area contributed by atoms with E-state index in [9.17, 15) is 0 Å². The van der Waals surface area contributed by atoms with Gasteiger partial charge < -0.3 is 4.57 Å². The molecule has 0 amide bonds. The van der Waals surface area contributed by atoms with E-state index in [-0.39, 0.29) is 0 Å². The van der Waals surface area contributed by atoms with Crippen LogP contribution in [0.4, 0.5) is 11.6 Å². The zero-order valence-corrected chi connectivity index (χ0v) is 11.8. The van der Waals surface area contributed by atoms with E-state index in [4.69, 9.17) is 0 Å². The van der Waals surface area contributed by atoms with E-state index in [1.165, 1.54) is 11.1 Å². The van der Waals surface area contributed by atoms with E-state index in [1.807, 2.05) is 60.2 Å². The average Bonchev–Trinajstić information content (AvgIpc) is 2.95. The normalized spacial score (nSPS) is 11.1. The Morgan fingerprint density at radius 3 is 2.48 bits per heavy atom. The van der Waals surface area contributed by atoms with Crippen molar-refractivity contribution in [1.82, 2.24) is 9.55 Å². The van der Waals surface area contributed by atoms with E-state index in [2.05, 4.69) is 27.3 Å². The second-order valence-electron chi connectivity index (χ2n) is 4.88. The van der Waals surface area contributed by atoms with Crippen LogP contribution in [-0.4, -0.2) is 9.55 Å². The summed E-state index contributed by atoms with van der Waals surface area (Å²) in [5.41, 5.74) is 3.25. The standard InChI is InChI=1S/C17H16N4/c1-14-7-9-16(10-8-14)19-20-17-18-11-12-21(17)13-15-5-3-2-4-6-15/h2-12H,13H2,1H3. The predicted molar refractivity (Wildman–Crippen MR) is 83.1 cm³/mol. The van der Waals surface area contributed by atoms with Gasteiger partial charge in [-0.15, -0.1) is 10.2 Å². The van der Waals surface area contributed by atoms with Crippen LogP contribution in [0.5, 0.6) is 0 Å². The fourth-order valence-corrected chi connectivity index (χ4v) is 2.02. The highest BCUT2D eigenvalue weighted by molar-refractivity contribution is 5.38. The molecule has 3 aromatic rings. The molecule has 0 aliphatic rings. The molecule has 2 aromatic carbocycles. The van der Waals surface area contributed by atoms with Crippen LogP contribution in [0.2, 0.25) is 0 Å². The van der Waals surface area contributed by atoms with Crippen LogP contribution in [0.25, 0.3) is 0 Å². The van der Waals surface area contributed by atoms with Gasteiger partial charge in [-0.25, -0.2) is 4.98 Å². The minimum absolute atomic E-state index is 0.611. The molecule has 0 unspecified atom stereocenters. The summed E-state index contributed by atoms with van der Waals surface area (Å²) < 4.78 is 1.98. The smallest absolute Gasteiger partial charge is 0.249 e. The molecule has 1 heterocycles. The number of hydrogen-bond donors (Lipinski definition) is 0. The fraction of sp³-hybridized carbons (Fsp3) is 0.118. The Bertz CT molecular complexity index is 727. The van der Waals surface area contributed by atoms with Crippen molar-refractivity contribution in [3.05, 3.63) is 78.1 Å². The van der Waals surface area contributed by atoms with Gasteiger partial charge in [-0.3, -0.25) is 0 Å². The Labute approximate surface area is 123 Å². The highest BCUT2D eigenvalue weighted by Gasteiger charge is 2.02. The van der Waals surface area contributed by atoms with Gasteiger partial charge >= 0.3 is 0 Å². The first kappa shape index (κ1) is 13.2. The summed E-state index contributed by atoms with van der Waals surface area (Å²) in [5.74, 6) is 0.611. The third-order valence-electron chi connectivity index (χ3n) is 3.18. The Morgan fingerprint density at radius 2 is 1.71 bits per heavy atom. The lowest BCUT2D eigenvalue weighted by atomic mass is 10.2. The van der Waals surface area contributed by atoms with Crippen molar-refractivity contribution in [3.63, 3.8) is 0 Å². The highest BCUT2D eigenvalue weighted by Crippen LogP contribution is 2.18. The molecular formula is C17H16N4. The van der Waals surface area contributed by atoms with Crippen LogP contribution in [-0.2, 0) is 6.54 Å². The molecule has 0 saturated carbocycles. The number of imidazole rings is 1. The summed E-state index contributed by atoms with van der Waals surface area (Å²) in [7, 11) is 0. The lowest BCUT2D eigenvalue weighted by Crippen LogP contribution is -1.96. The Hall–Kier alpha value is -2.75. The van der Waals surface area contributed by atoms with E-state index in [0.717, 1.165) is 12.2 Å². The van der Waals surface area contributed by atoms with Crippen LogP contribution in [0.1, 0.15) is 11.1 Å². The molecule has 0 saturated heterocycles. The Kier molecular flexibility index (Phi) is 3.87. The van der Waals surface area contributed by atoms with Crippen LogP contribution < -0.4 is 0 Å². The molecule has 0 spiro atoms. The molecule has 4 heteroatoms. The second kappa shape index (κ2) is 6.13. The maximum atomic E-state index is 4.25. The average molecular weight is 276 g/mol. The van der Waals surface area contributed by atoms with Gasteiger partial charge in [-0.1, -0.05) is 48.0 Å². The van der Waals surface area contributed by atoms with Gasteiger partial charge in [0.25, 0.3) is 0 Å². The first-order valence-electron chi connectivity index (χ1n) is 6.85. The monoisotopic (exact) mass is 276 g/mol. The summed E-state index contributed by atoms with van der Waals surface area (Å²) in [5, 5.41) is 8.47. The molecule has 0 radical (unpaired) electrons. The number of hydrogen-bond acceptors (Lipinski definition) is 3. The van der Waals surface area contributed by atoms with E-state index >= 15 is 0 Å². The molecule has 0 aliphatic heterocycles. The Morgan fingerprint density at radius 1 is 0.952 bits per heavy atom. The van der Waals surface area contributed by atoms with Crippen LogP contribution in [0, 0.1) is 6.92 Å². The van der Waals surface area contributed by atoms with Crippen LogP contribution in [0.3, 0.4) is 0 Å². The van der Waals surface area contributed by atoms with E-state index < -0.39 is 0 Å². The fourth-order valence-electron chi connectivity index (χ4n) is 2.02. The SMILES string of the molecule is Cc1ccc(N=Nc2nccn2Cc2ccccc2)cc1. The number of aryl methyl sites for hydroxylation is 1.